The largest absolute Gasteiger partial charge is 0.348 e. The van der Waals surface area contributed by atoms with E-state index >= 15 is 0 Å². The summed E-state index contributed by atoms with van der Waals surface area (Å²) < 4.78 is 0. The molecule has 0 radical (unpaired) electrons. The Balaban J connectivity index is 1.95. The van der Waals surface area contributed by atoms with Crippen LogP contribution >= 0.6 is 0 Å². The molecule has 1 fully saturated rings. The summed E-state index contributed by atoms with van der Waals surface area (Å²) in [6, 6.07) is 8.76. The molecule has 0 unspecified atom stereocenters. The highest BCUT2D eigenvalue weighted by atomic mass is 16.2. The highest BCUT2D eigenvalue weighted by molar-refractivity contribution is 5.94. The molecular weight excluding hydrogens is 292 g/mol. The number of amides is 2. The van der Waals surface area contributed by atoms with Crippen LogP contribution in [0.3, 0.4) is 0 Å². The second-order valence-electron chi connectivity index (χ2n) is 5.90. The minimum atomic E-state index is -0.0183. The minimum absolute atomic E-state index is 0.0183. The molecule has 0 saturated carbocycles. The van der Waals surface area contributed by atoms with E-state index in [1.165, 1.54) is 0 Å². The number of hydrogen-bond acceptors (Lipinski definition) is 4. The first kappa shape index (κ1) is 17.0. The van der Waals surface area contributed by atoms with Crippen molar-refractivity contribution >= 4 is 11.8 Å². The Morgan fingerprint density at radius 3 is 2.43 bits per heavy atom. The Morgan fingerprint density at radius 2 is 1.83 bits per heavy atom. The fourth-order valence-corrected chi connectivity index (χ4v) is 2.53. The molecule has 0 atom stereocenters. The molecule has 0 aliphatic carbocycles. The minimum Gasteiger partial charge on any atom is -0.348 e. The van der Waals surface area contributed by atoms with Crippen molar-refractivity contribution in [1.82, 2.24) is 14.7 Å². The van der Waals surface area contributed by atoms with Crippen molar-refractivity contribution in [3.05, 3.63) is 35.4 Å². The van der Waals surface area contributed by atoms with E-state index < -0.39 is 0 Å². The number of likely N-dealkylation sites (N-methyl/N-ethyl adjacent to an activating group) is 1. The van der Waals surface area contributed by atoms with E-state index in [2.05, 4.69) is 4.90 Å². The quantitative estimate of drug-likeness (QED) is 0.827. The number of benzene rings is 1. The SMILES string of the molecule is CN(C)C(=O)CN1CCCN(C(=O)c2ccc(C#N)cc2)CC1. The second-order valence-corrected chi connectivity index (χ2v) is 5.90. The van der Waals surface area contributed by atoms with Crippen molar-refractivity contribution in [3.63, 3.8) is 0 Å². The van der Waals surface area contributed by atoms with Gasteiger partial charge in [0.25, 0.3) is 5.91 Å². The van der Waals surface area contributed by atoms with Crippen LogP contribution in [0.4, 0.5) is 0 Å². The van der Waals surface area contributed by atoms with Gasteiger partial charge in [-0.05, 0) is 30.7 Å². The normalized spacial score (nSPS) is 15.6. The highest BCUT2D eigenvalue weighted by Gasteiger charge is 2.21. The molecule has 122 valence electrons. The van der Waals surface area contributed by atoms with Gasteiger partial charge in [-0.2, -0.15) is 5.26 Å². The molecule has 2 amide bonds. The van der Waals surface area contributed by atoms with Gasteiger partial charge in [-0.1, -0.05) is 0 Å². The van der Waals surface area contributed by atoms with Crippen LogP contribution in [0.5, 0.6) is 0 Å². The molecule has 1 aromatic rings. The van der Waals surface area contributed by atoms with Gasteiger partial charge >= 0.3 is 0 Å². The molecular formula is C17H22N4O2. The maximum Gasteiger partial charge on any atom is 0.253 e. The second kappa shape index (κ2) is 7.75. The molecule has 23 heavy (non-hydrogen) atoms. The molecule has 0 spiro atoms. The van der Waals surface area contributed by atoms with Crippen molar-refractivity contribution in [1.29, 1.82) is 5.26 Å². The van der Waals surface area contributed by atoms with E-state index in [1.807, 2.05) is 11.0 Å². The van der Waals surface area contributed by atoms with Crippen molar-refractivity contribution in [2.75, 3.05) is 46.8 Å². The number of carbonyl (C=O) groups is 2. The molecule has 0 N–H and O–H groups in total. The number of nitriles is 1. The van der Waals surface area contributed by atoms with Gasteiger partial charge in [0, 0.05) is 45.8 Å². The zero-order chi connectivity index (χ0) is 16.8. The summed E-state index contributed by atoms with van der Waals surface area (Å²) in [5.41, 5.74) is 1.15. The average molecular weight is 314 g/mol. The smallest absolute Gasteiger partial charge is 0.253 e. The number of hydrogen-bond donors (Lipinski definition) is 0. The average Bonchev–Trinajstić information content (AvgIpc) is 2.79. The van der Waals surface area contributed by atoms with Gasteiger partial charge in [-0.15, -0.1) is 0 Å². The van der Waals surface area contributed by atoms with Gasteiger partial charge in [-0.3, -0.25) is 14.5 Å². The Kier molecular flexibility index (Phi) is 5.72. The van der Waals surface area contributed by atoms with Gasteiger partial charge in [-0.25, -0.2) is 0 Å². The Labute approximate surface area is 136 Å². The lowest BCUT2D eigenvalue weighted by molar-refractivity contribution is -0.129. The van der Waals surface area contributed by atoms with Crippen LogP contribution < -0.4 is 0 Å². The lowest BCUT2D eigenvalue weighted by Gasteiger charge is -2.22. The number of nitrogens with zero attached hydrogens (tertiary/aromatic N) is 4. The van der Waals surface area contributed by atoms with Crippen LogP contribution in [-0.2, 0) is 4.79 Å². The zero-order valence-electron chi connectivity index (χ0n) is 13.7. The van der Waals surface area contributed by atoms with Crippen molar-refractivity contribution < 1.29 is 9.59 Å². The van der Waals surface area contributed by atoms with E-state index in [9.17, 15) is 9.59 Å². The molecule has 1 saturated heterocycles. The van der Waals surface area contributed by atoms with E-state index in [0.29, 0.717) is 37.3 Å². The summed E-state index contributed by atoms with van der Waals surface area (Å²) in [6.07, 6.45) is 0.850. The van der Waals surface area contributed by atoms with E-state index in [-0.39, 0.29) is 11.8 Å². The summed E-state index contributed by atoms with van der Waals surface area (Å²) in [4.78, 5) is 29.8. The van der Waals surface area contributed by atoms with Crippen LogP contribution in [0.15, 0.2) is 24.3 Å². The van der Waals surface area contributed by atoms with E-state index in [4.69, 9.17) is 5.26 Å². The van der Waals surface area contributed by atoms with E-state index in [0.717, 1.165) is 13.0 Å². The molecule has 1 aliphatic heterocycles. The van der Waals surface area contributed by atoms with Gasteiger partial charge in [0.1, 0.15) is 0 Å². The molecule has 0 aromatic heterocycles. The number of rotatable bonds is 3. The summed E-state index contributed by atoms with van der Waals surface area (Å²) >= 11 is 0. The predicted octanol–water partition coefficient (Wildman–Crippen LogP) is 0.794. The van der Waals surface area contributed by atoms with Crippen LogP contribution in [-0.4, -0.2) is 73.3 Å². The first-order valence-corrected chi connectivity index (χ1v) is 7.73. The lowest BCUT2D eigenvalue weighted by Crippen LogP contribution is -2.39. The standard InChI is InChI=1S/C17H22N4O2/c1-19(2)16(22)13-20-8-3-9-21(11-10-20)17(23)15-6-4-14(12-18)5-7-15/h4-7H,3,8-11,13H2,1-2H3. The Bertz CT molecular complexity index is 604. The third-order valence-electron chi connectivity index (χ3n) is 3.99. The molecule has 1 aliphatic rings. The van der Waals surface area contributed by atoms with Crippen LogP contribution in [0.1, 0.15) is 22.3 Å². The van der Waals surface area contributed by atoms with Crippen molar-refractivity contribution in [2.45, 2.75) is 6.42 Å². The van der Waals surface area contributed by atoms with E-state index in [1.54, 1.807) is 43.3 Å². The summed E-state index contributed by atoms with van der Waals surface area (Å²) in [5.74, 6) is 0.0622. The molecule has 1 heterocycles. The Morgan fingerprint density at radius 1 is 1.13 bits per heavy atom. The molecule has 6 nitrogen and oxygen atoms in total. The molecule has 6 heteroatoms. The van der Waals surface area contributed by atoms with Gasteiger partial charge in [0.2, 0.25) is 5.91 Å². The van der Waals surface area contributed by atoms with Gasteiger partial charge in [0.15, 0.2) is 0 Å². The molecule has 2 rings (SSSR count). The van der Waals surface area contributed by atoms with Crippen molar-refractivity contribution in [2.24, 2.45) is 0 Å². The molecule has 1 aromatic carbocycles. The summed E-state index contributed by atoms with van der Waals surface area (Å²) in [6.45, 7) is 3.20. The monoisotopic (exact) mass is 314 g/mol. The maximum atomic E-state index is 12.5. The maximum absolute atomic E-state index is 12.5. The fraction of sp³-hybridized carbons (Fsp3) is 0.471. The third-order valence-corrected chi connectivity index (χ3v) is 3.99. The predicted molar refractivity (Wildman–Crippen MR) is 86.8 cm³/mol. The van der Waals surface area contributed by atoms with Crippen LogP contribution in [0.2, 0.25) is 0 Å². The van der Waals surface area contributed by atoms with Crippen molar-refractivity contribution in [3.8, 4) is 6.07 Å². The van der Waals surface area contributed by atoms with Gasteiger partial charge < -0.3 is 9.80 Å². The fourth-order valence-electron chi connectivity index (χ4n) is 2.53. The molecule has 0 bridgehead atoms. The Hall–Kier alpha value is -2.39. The lowest BCUT2D eigenvalue weighted by atomic mass is 10.1. The summed E-state index contributed by atoms with van der Waals surface area (Å²) in [7, 11) is 3.50. The first-order valence-electron chi connectivity index (χ1n) is 7.73. The highest BCUT2D eigenvalue weighted by Crippen LogP contribution is 2.10. The first-order chi connectivity index (χ1) is 11.0. The third kappa shape index (κ3) is 4.54. The van der Waals surface area contributed by atoms with Gasteiger partial charge in [0.05, 0.1) is 18.2 Å². The topological polar surface area (TPSA) is 67.7 Å². The zero-order valence-corrected chi connectivity index (χ0v) is 13.7. The number of carbonyl (C=O) groups excluding carboxylic acids is 2. The summed E-state index contributed by atoms with van der Waals surface area (Å²) in [5, 5.41) is 8.81. The van der Waals surface area contributed by atoms with Crippen LogP contribution in [0, 0.1) is 11.3 Å². The van der Waals surface area contributed by atoms with Crippen LogP contribution in [0.25, 0.3) is 0 Å².